The van der Waals surface area contributed by atoms with Crippen LogP contribution in [0.1, 0.15) is 21.5 Å². The molecule has 0 atom stereocenters. The number of carbonyl (C=O) groups excluding carboxylic acids is 1. The number of hydrogen-bond acceptors (Lipinski definition) is 4. The number of anilines is 1. The second-order valence-electron chi connectivity index (χ2n) is 5.10. The Morgan fingerprint density at radius 2 is 1.50 bits per heavy atom. The summed E-state index contributed by atoms with van der Waals surface area (Å²) in [4.78, 5) is 12.1. The number of carbonyl (C=O) groups is 1. The zero-order valence-corrected chi connectivity index (χ0v) is 12.3. The number of rotatable bonds is 3. The lowest BCUT2D eigenvalue weighted by Crippen LogP contribution is -2.11. The predicted molar refractivity (Wildman–Crippen MR) is 83.6 cm³/mol. The molecule has 0 saturated carbocycles. The average Bonchev–Trinajstić information content (AvgIpc) is 2.97. The van der Waals surface area contributed by atoms with E-state index in [9.17, 15) is 4.79 Å². The summed E-state index contributed by atoms with van der Waals surface area (Å²) in [6, 6.07) is 15.1. The summed E-state index contributed by atoms with van der Waals surface area (Å²) < 4.78 is 5.47. The first kappa shape index (κ1) is 14.0. The van der Waals surface area contributed by atoms with Crippen LogP contribution in [0.2, 0.25) is 0 Å². The van der Waals surface area contributed by atoms with Crippen molar-refractivity contribution in [3.8, 4) is 11.5 Å². The molecule has 0 radical (unpaired) electrons. The van der Waals surface area contributed by atoms with Gasteiger partial charge >= 0.3 is 6.01 Å². The zero-order chi connectivity index (χ0) is 15.5. The summed E-state index contributed by atoms with van der Waals surface area (Å²) in [5, 5.41) is 10.4. The summed E-state index contributed by atoms with van der Waals surface area (Å²) in [6.07, 6.45) is 0. The van der Waals surface area contributed by atoms with Gasteiger partial charge in [-0.05, 0) is 38.1 Å². The third-order valence-electron chi connectivity index (χ3n) is 3.26. The standard InChI is InChI=1S/C17H15N3O2/c1-11-3-7-13(8-4-11)15(21)18-17-20-19-16(22-17)14-9-5-12(2)6-10-14/h3-10H,1-2H3,(H,18,20,21). The normalized spacial score (nSPS) is 10.5. The maximum Gasteiger partial charge on any atom is 0.322 e. The van der Waals surface area contributed by atoms with Crippen LogP contribution >= 0.6 is 0 Å². The van der Waals surface area contributed by atoms with Gasteiger partial charge in [0.25, 0.3) is 5.91 Å². The van der Waals surface area contributed by atoms with Crippen molar-refractivity contribution in [1.29, 1.82) is 0 Å². The van der Waals surface area contributed by atoms with Crippen molar-refractivity contribution in [3.63, 3.8) is 0 Å². The third-order valence-corrected chi connectivity index (χ3v) is 3.26. The fourth-order valence-electron chi connectivity index (χ4n) is 1.96. The van der Waals surface area contributed by atoms with Gasteiger partial charge in [-0.3, -0.25) is 10.1 Å². The Labute approximate surface area is 128 Å². The molecular weight excluding hydrogens is 278 g/mol. The van der Waals surface area contributed by atoms with Crippen LogP contribution in [-0.4, -0.2) is 16.1 Å². The Hall–Kier alpha value is -2.95. The van der Waals surface area contributed by atoms with E-state index in [0.717, 1.165) is 16.7 Å². The molecule has 1 heterocycles. The van der Waals surface area contributed by atoms with E-state index >= 15 is 0 Å². The number of nitrogens with zero attached hydrogens (tertiary/aromatic N) is 2. The molecule has 5 nitrogen and oxygen atoms in total. The third kappa shape index (κ3) is 3.03. The summed E-state index contributed by atoms with van der Waals surface area (Å²) >= 11 is 0. The Kier molecular flexibility index (Phi) is 3.70. The van der Waals surface area contributed by atoms with Crippen LogP contribution in [0.5, 0.6) is 0 Å². The molecule has 2 aromatic carbocycles. The van der Waals surface area contributed by atoms with Crippen molar-refractivity contribution in [1.82, 2.24) is 10.2 Å². The van der Waals surface area contributed by atoms with Gasteiger partial charge in [0, 0.05) is 11.1 Å². The van der Waals surface area contributed by atoms with Gasteiger partial charge in [-0.25, -0.2) is 0 Å². The van der Waals surface area contributed by atoms with E-state index in [1.165, 1.54) is 0 Å². The number of aryl methyl sites for hydroxylation is 2. The summed E-state index contributed by atoms with van der Waals surface area (Å²) in [7, 11) is 0. The van der Waals surface area contributed by atoms with Gasteiger partial charge in [-0.15, -0.1) is 5.10 Å². The van der Waals surface area contributed by atoms with Crippen LogP contribution in [0, 0.1) is 13.8 Å². The van der Waals surface area contributed by atoms with Crippen LogP contribution < -0.4 is 5.32 Å². The van der Waals surface area contributed by atoms with E-state index in [1.54, 1.807) is 12.1 Å². The molecule has 0 aliphatic rings. The van der Waals surface area contributed by atoms with Crippen molar-refractivity contribution in [3.05, 3.63) is 65.2 Å². The van der Waals surface area contributed by atoms with Crippen LogP contribution in [0.4, 0.5) is 6.01 Å². The molecule has 0 saturated heterocycles. The highest BCUT2D eigenvalue weighted by Gasteiger charge is 2.12. The second kappa shape index (κ2) is 5.81. The molecular formula is C17H15N3O2. The van der Waals surface area contributed by atoms with Crippen LogP contribution in [0.15, 0.2) is 52.9 Å². The van der Waals surface area contributed by atoms with E-state index < -0.39 is 0 Å². The summed E-state index contributed by atoms with van der Waals surface area (Å²) in [6.45, 7) is 3.97. The summed E-state index contributed by atoms with van der Waals surface area (Å²) in [5.41, 5.74) is 3.60. The van der Waals surface area contributed by atoms with Crippen molar-refractivity contribution in [2.75, 3.05) is 5.32 Å². The van der Waals surface area contributed by atoms with E-state index in [-0.39, 0.29) is 11.9 Å². The maximum absolute atomic E-state index is 12.1. The summed E-state index contributed by atoms with van der Waals surface area (Å²) in [5.74, 6) is 0.0957. The molecule has 1 amide bonds. The largest absolute Gasteiger partial charge is 0.403 e. The Balaban J connectivity index is 1.75. The van der Waals surface area contributed by atoms with Crippen molar-refractivity contribution in [2.45, 2.75) is 13.8 Å². The monoisotopic (exact) mass is 293 g/mol. The van der Waals surface area contributed by atoms with E-state index in [0.29, 0.717) is 11.5 Å². The lowest BCUT2D eigenvalue weighted by atomic mass is 10.1. The van der Waals surface area contributed by atoms with Gasteiger partial charge in [0.1, 0.15) is 0 Å². The molecule has 1 N–H and O–H groups in total. The van der Waals surface area contributed by atoms with Crippen LogP contribution in [-0.2, 0) is 0 Å². The lowest BCUT2D eigenvalue weighted by Gasteiger charge is -2.00. The maximum atomic E-state index is 12.1. The molecule has 110 valence electrons. The first-order chi connectivity index (χ1) is 10.6. The Morgan fingerprint density at radius 1 is 0.909 bits per heavy atom. The quantitative estimate of drug-likeness (QED) is 0.801. The zero-order valence-electron chi connectivity index (χ0n) is 12.3. The first-order valence-corrected chi connectivity index (χ1v) is 6.90. The highest BCUT2D eigenvalue weighted by atomic mass is 16.4. The fourth-order valence-corrected chi connectivity index (χ4v) is 1.96. The smallest absolute Gasteiger partial charge is 0.322 e. The van der Waals surface area contributed by atoms with Crippen molar-refractivity contribution in [2.24, 2.45) is 0 Å². The van der Waals surface area contributed by atoms with Gasteiger partial charge in [0.2, 0.25) is 5.89 Å². The minimum Gasteiger partial charge on any atom is -0.403 e. The molecule has 0 bridgehead atoms. The molecule has 1 aromatic heterocycles. The minimum absolute atomic E-state index is 0.0844. The molecule has 0 fully saturated rings. The van der Waals surface area contributed by atoms with Gasteiger partial charge in [0.05, 0.1) is 0 Å². The van der Waals surface area contributed by atoms with Gasteiger partial charge in [0.15, 0.2) is 0 Å². The molecule has 3 aromatic rings. The number of nitrogens with one attached hydrogen (secondary N) is 1. The Morgan fingerprint density at radius 3 is 2.14 bits per heavy atom. The molecule has 0 aliphatic heterocycles. The number of benzene rings is 2. The lowest BCUT2D eigenvalue weighted by molar-refractivity contribution is 0.102. The SMILES string of the molecule is Cc1ccc(C(=O)Nc2nnc(-c3ccc(C)cc3)o2)cc1. The minimum atomic E-state index is -0.279. The number of hydrogen-bond donors (Lipinski definition) is 1. The van der Waals surface area contributed by atoms with E-state index in [1.807, 2.05) is 50.2 Å². The highest BCUT2D eigenvalue weighted by Crippen LogP contribution is 2.20. The van der Waals surface area contributed by atoms with Crippen molar-refractivity contribution >= 4 is 11.9 Å². The highest BCUT2D eigenvalue weighted by molar-refractivity contribution is 6.03. The fraction of sp³-hybridized carbons (Fsp3) is 0.118. The average molecular weight is 293 g/mol. The topological polar surface area (TPSA) is 68.0 Å². The molecule has 0 spiro atoms. The van der Waals surface area contributed by atoms with Crippen LogP contribution in [0.3, 0.4) is 0 Å². The van der Waals surface area contributed by atoms with Gasteiger partial charge in [-0.1, -0.05) is 40.5 Å². The Bertz CT molecular complexity index is 790. The predicted octanol–water partition coefficient (Wildman–Crippen LogP) is 3.61. The van der Waals surface area contributed by atoms with Crippen molar-refractivity contribution < 1.29 is 9.21 Å². The number of aromatic nitrogens is 2. The number of amides is 1. The molecule has 3 rings (SSSR count). The molecule has 22 heavy (non-hydrogen) atoms. The van der Waals surface area contributed by atoms with Gasteiger partial charge in [-0.2, -0.15) is 0 Å². The second-order valence-corrected chi connectivity index (χ2v) is 5.10. The first-order valence-electron chi connectivity index (χ1n) is 6.90. The molecule has 0 unspecified atom stereocenters. The van der Waals surface area contributed by atoms with E-state index in [4.69, 9.17) is 4.42 Å². The van der Waals surface area contributed by atoms with E-state index in [2.05, 4.69) is 15.5 Å². The van der Waals surface area contributed by atoms with Crippen LogP contribution in [0.25, 0.3) is 11.5 Å². The molecule has 0 aliphatic carbocycles. The molecule has 5 heteroatoms. The van der Waals surface area contributed by atoms with Gasteiger partial charge < -0.3 is 4.42 Å².